The van der Waals surface area contributed by atoms with Gasteiger partial charge in [0.15, 0.2) is 0 Å². The van der Waals surface area contributed by atoms with E-state index in [9.17, 15) is 0 Å². The molecule has 1 aromatic rings. The van der Waals surface area contributed by atoms with Crippen molar-refractivity contribution in [2.45, 2.75) is 18.9 Å². The molecule has 0 bridgehead atoms. The topological polar surface area (TPSA) is 25.4 Å². The predicted octanol–water partition coefficient (Wildman–Crippen LogP) is 1.54. The fourth-order valence-corrected chi connectivity index (χ4v) is 1.96. The van der Waals surface area contributed by atoms with E-state index in [2.05, 4.69) is 22.9 Å². The molecule has 3 heteroatoms. The third-order valence-corrected chi connectivity index (χ3v) is 2.99. The summed E-state index contributed by atoms with van der Waals surface area (Å²) in [7, 11) is 2.14. The normalized spacial score (nSPS) is 20.6. The molecule has 0 aliphatic carbocycles. The second kappa shape index (κ2) is 5.00. The molecule has 0 N–H and O–H groups in total. The number of nitrogens with zero attached hydrogens (tertiary/aromatic N) is 2. The first-order valence-corrected chi connectivity index (χ1v) is 5.54. The number of hydrogen-bond donors (Lipinski definition) is 0. The van der Waals surface area contributed by atoms with Gasteiger partial charge in [-0.05, 0) is 32.5 Å². The molecule has 1 aliphatic rings. The maximum atomic E-state index is 5.70. The van der Waals surface area contributed by atoms with Gasteiger partial charge < -0.3 is 9.64 Å². The van der Waals surface area contributed by atoms with E-state index in [1.54, 1.807) is 12.4 Å². The molecule has 2 heterocycles. The molecular formula is C13H16N2O. The molecule has 0 saturated carbocycles. The maximum Gasteiger partial charge on any atom is 0.138 e. The molecule has 1 atom stereocenters. The van der Waals surface area contributed by atoms with Crippen LogP contribution in [0.15, 0.2) is 18.5 Å². The Morgan fingerprint density at radius 2 is 2.50 bits per heavy atom. The number of pyridine rings is 1. The van der Waals surface area contributed by atoms with Crippen molar-refractivity contribution in [2.75, 3.05) is 20.2 Å². The van der Waals surface area contributed by atoms with Crippen LogP contribution in [-0.2, 0) is 0 Å². The lowest BCUT2D eigenvalue weighted by molar-refractivity contribution is 0.198. The van der Waals surface area contributed by atoms with Crippen LogP contribution in [0.3, 0.4) is 0 Å². The van der Waals surface area contributed by atoms with Crippen LogP contribution >= 0.6 is 0 Å². The van der Waals surface area contributed by atoms with Gasteiger partial charge in [0.05, 0.1) is 6.20 Å². The maximum absolute atomic E-state index is 5.70. The SMILES string of the molecule is C#Cc1cncc(OCC2CCCN2C)c1. The number of hydrogen-bond acceptors (Lipinski definition) is 3. The van der Waals surface area contributed by atoms with Gasteiger partial charge in [0.1, 0.15) is 12.4 Å². The molecule has 3 nitrogen and oxygen atoms in total. The Kier molecular flexibility index (Phi) is 3.43. The molecule has 1 aromatic heterocycles. The van der Waals surface area contributed by atoms with E-state index in [0.717, 1.165) is 17.9 Å². The summed E-state index contributed by atoms with van der Waals surface area (Å²) in [5.41, 5.74) is 0.761. The minimum atomic E-state index is 0.523. The van der Waals surface area contributed by atoms with Gasteiger partial charge in [0, 0.05) is 17.8 Å². The van der Waals surface area contributed by atoms with Crippen molar-refractivity contribution in [1.29, 1.82) is 0 Å². The monoisotopic (exact) mass is 216 g/mol. The Labute approximate surface area is 96.4 Å². The number of rotatable bonds is 3. The molecule has 1 saturated heterocycles. The summed E-state index contributed by atoms with van der Waals surface area (Å²) in [6.45, 7) is 1.88. The number of ether oxygens (including phenoxy) is 1. The van der Waals surface area contributed by atoms with Crippen LogP contribution in [0.25, 0.3) is 0 Å². The van der Waals surface area contributed by atoms with Crippen molar-refractivity contribution in [3.63, 3.8) is 0 Å². The van der Waals surface area contributed by atoms with Crippen molar-refractivity contribution >= 4 is 0 Å². The molecule has 1 fully saturated rings. The fraction of sp³-hybridized carbons (Fsp3) is 0.462. The highest BCUT2D eigenvalue weighted by atomic mass is 16.5. The minimum Gasteiger partial charge on any atom is -0.490 e. The van der Waals surface area contributed by atoms with Crippen LogP contribution in [0.2, 0.25) is 0 Å². The average molecular weight is 216 g/mol. The molecule has 2 rings (SSSR count). The average Bonchev–Trinajstić information content (AvgIpc) is 2.72. The standard InChI is InChI=1S/C13H16N2O/c1-3-11-7-13(9-14-8-11)16-10-12-5-4-6-15(12)2/h1,7-9,12H,4-6,10H2,2H3. The first-order valence-electron chi connectivity index (χ1n) is 5.54. The van der Waals surface area contributed by atoms with Crippen LogP contribution in [0, 0.1) is 12.3 Å². The van der Waals surface area contributed by atoms with Crippen LogP contribution < -0.4 is 4.74 Å². The molecular weight excluding hydrogens is 200 g/mol. The van der Waals surface area contributed by atoms with Crippen LogP contribution in [0.4, 0.5) is 0 Å². The molecule has 1 aliphatic heterocycles. The lowest BCUT2D eigenvalue weighted by Gasteiger charge is -2.19. The Hall–Kier alpha value is -1.53. The summed E-state index contributed by atoms with van der Waals surface area (Å²) < 4.78 is 5.70. The summed E-state index contributed by atoms with van der Waals surface area (Å²) in [6.07, 6.45) is 11.1. The smallest absolute Gasteiger partial charge is 0.138 e. The van der Waals surface area contributed by atoms with E-state index in [1.807, 2.05) is 6.07 Å². The van der Waals surface area contributed by atoms with Crippen molar-refractivity contribution in [3.8, 4) is 18.1 Å². The largest absolute Gasteiger partial charge is 0.490 e. The molecule has 0 radical (unpaired) electrons. The first kappa shape index (κ1) is 11.0. The highest BCUT2D eigenvalue weighted by Crippen LogP contribution is 2.17. The van der Waals surface area contributed by atoms with E-state index in [-0.39, 0.29) is 0 Å². The van der Waals surface area contributed by atoms with Gasteiger partial charge in [-0.2, -0.15) is 0 Å². The van der Waals surface area contributed by atoms with Gasteiger partial charge in [0.2, 0.25) is 0 Å². The molecule has 84 valence electrons. The van der Waals surface area contributed by atoms with Crippen molar-refractivity contribution in [2.24, 2.45) is 0 Å². The Balaban J connectivity index is 1.92. The molecule has 0 spiro atoms. The quantitative estimate of drug-likeness (QED) is 0.717. The third kappa shape index (κ3) is 2.53. The highest BCUT2D eigenvalue weighted by molar-refractivity contribution is 5.34. The van der Waals surface area contributed by atoms with Crippen LogP contribution in [0.5, 0.6) is 5.75 Å². The fourth-order valence-electron chi connectivity index (χ4n) is 1.96. The second-order valence-corrected chi connectivity index (χ2v) is 4.14. The van der Waals surface area contributed by atoms with Gasteiger partial charge in [-0.25, -0.2) is 0 Å². The minimum absolute atomic E-state index is 0.523. The lowest BCUT2D eigenvalue weighted by Crippen LogP contribution is -2.30. The summed E-state index contributed by atoms with van der Waals surface area (Å²) in [5.74, 6) is 3.31. The second-order valence-electron chi connectivity index (χ2n) is 4.14. The zero-order valence-corrected chi connectivity index (χ0v) is 9.52. The summed E-state index contributed by atoms with van der Waals surface area (Å²) in [6, 6.07) is 2.37. The number of terminal acetylenes is 1. The molecule has 0 amide bonds. The van der Waals surface area contributed by atoms with E-state index in [0.29, 0.717) is 12.6 Å². The number of likely N-dealkylation sites (tertiary alicyclic amines) is 1. The third-order valence-electron chi connectivity index (χ3n) is 2.99. The van der Waals surface area contributed by atoms with Crippen molar-refractivity contribution < 1.29 is 4.74 Å². The zero-order valence-electron chi connectivity index (χ0n) is 9.52. The zero-order chi connectivity index (χ0) is 11.4. The Bertz CT molecular complexity index is 397. The highest BCUT2D eigenvalue weighted by Gasteiger charge is 2.21. The van der Waals surface area contributed by atoms with Crippen molar-refractivity contribution in [1.82, 2.24) is 9.88 Å². The van der Waals surface area contributed by atoms with Gasteiger partial charge in [-0.3, -0.25) is 4.98 Å². The number of aromatic nitrogens is 1. The summed E-state index contributed by atoms with van der Waals surface area (Å²) in [5, 5.41) is 0. The first-order chi connectivity index (χ1) is 7.79. The molecule has 1 unspecified atom stereocenters. The van der Waals surface area contributed by atoms with Crippen LogP contribution in [-0.4, -0.2) is 36.1 Å². The Morgan fingerprint density at radius 3 is 3.19 bits per heavy atom. The van der Waals surface area contributed by atoms with Gasteiger partial charge in [0.25, 0.3) is 0 Å². The van der Waals surface area contributed by atoms with Crippen molar-refractivity contribution in [3.05, 3.63) is 24.0 Å². The van der Waals surface area contributed by atoms with E-state index in [4.69, 9.17) is 11.2 Å². The van der Waals surface area contributed by atoms with E-state index in [1.165, 1.54) is 12.8 Å². The van der Waals surface area contributed by atoms with Gasteiger partial charge in [-0.1, -0.05) is 5.92 Å². The summed E-state index contributed by atoms with van der Waals surface area (Å²) in [4.78, 5) is 6.37. The molecule has 0 aromatic carbocycles. The predicted molar refractivity (Wildman–Crippen MR) is 63.3 cm³/mol. The van der Waals surface area contributed by atoms with E-state index >= 15 is 0 Å². The molecule has 16 heavy (non-hydrogen) atoms. The van der Waals surface area contributed by atoms with E-state index < -0.39 is 0 Å². The van der Waals surface area contributed by atoms with Crippen LogP contribution in [0.1, 0.15) is 18.4 Å². The summed E-state index contributed by atoms with van der Waals surface area (Å²) >= 11 is 0. The lowest BCUT2D eigenvalue weighted by atomic mass is 10.2. The van der Waals surface area contributed by atoms with Gasteiger partial charge in [-0.15, -0.1) is 6.42 Å². The Morgan fingerprint density at radius 1 is 1.62 bits per heavy atom. The number of likely N-dealkylation sites (N-methyl/N-ethyl adjacent to an activating group) is 1. The van der Waals surface area contributed by atoms with Gasteiger partial charge >= 0.3 is 0 Å².